The van der Waals surface area contributed by atoms with Gasteiger partial charge in [-0.15, -0.1) is 11.3 Å². The third-order valence-electron chi connectivity index (χ3n) is 2.30. The summed E-state index contributed by atoms with van der Waals surface area (Å²) in [5.41, 5.74) is 6.68. The van der Waals surface area contributed by atoms with Crippen molar-refractivity contribution in [2.45, 2.75) is 16.2 Å². The van der Waals surface area contributed by atoms with Gasteiger partial charge in [-0.05, 0) is 19.1 Å². The van der Waals surface area contributed by atoms with Crippen LogP contribution in [0.3, 0.4) is 0 Å². The van der Waals surface area contributed by atoms with Gasteiger partial charge in [-0.1, -0.05) is 11.8 Å². The summed E-state index contributed by atoms with van der Waals surface area (Å²) >= 11 is 2.57. The second-order valence-corrected chi connectivity index (χ2v) is 5.87. The van der Waals surface area contributed by atoms with Crippen LogP contribution in [0.2, 0.25) is 0 Å². The lowest BCUT2D eigenvalue weighted by Gasteiger charge is -2.07. The van der Waals surface area contributed by atoms with Gasteiger partial charge in [0.25, 0.3) is 0 Å². The second kappa shape index (κ2) is 5.58. The predicted octanol–water partition coefficient (Wildman–Crippen LogP) is 3.11. The number of benzene rings is 1. The van der Waals surface area contributed by atoms with Crippen LogP contribution in [0.5, 0.6) is 0 Å². The molecule has 7 heteroatoms. The summed E-state index contributed by atoms with van der Waals surface area (Å²) in [5, 5.41) is 1.87. The quantitative estimate of drug-likeness (QED) is 0.696. The largest absolute Gasteiger partial charge is 0.465 e. The van der Waals surface area contributed by atoms with Crippen LogP contribution in [-0.2, 0) is 4.74 Å². The first-order valence-electron chi connectivity index (χ1n) is 5.28. The number of esters is 1. The molecule has 0 fully saturated rings. The fraction of sp³-hybridized carbons (Fsp3) is 0.167. The first kappa shape index (κ1) is 13.8. The van der Waals surface area contributed by atoms with Gasteiger partial charge in [0.2, 0.25) is 0 Å². The van der Waals surface area contributed by atoms with Crippen molar-refractivity contribution in [3.05, 3.63) is 34.6 Å². The highest BCUT2D eigenvalue weighted by Crippen LogP contribution is 2.34. The van der Waals surface area contributed by atoms with E-state index in [4.69, 9.17) is 5.73 Å². The van der Waals surface area contributed by atoms with Gasteiger partial charge in [-0.25, -0.2) is 14.2 Å². The molecule has 1 aromatic heterocycles. The number of carbonyl (C=O) groups excluding carboxylic acids is 1. The molecule has 0 atom stereocenters. The number of aryl methyl sites for hydroxylation is 1. The Bertz CT molecular complexity index is 628. The van der Waals surface area contributed by atoms with E-state index in [9.17, 15) is 9.18 Å². The highest BCUT2D eigenvalue weighted by Gasteiger charge is 2.16. The predicted molar refractivity (Wildman–Crippen MR) is 73.1 cm³/mol. The van der Waals surface area contributed by atoms with E-state index in [1.807, 2.05) is 12.3 Å². The van der Waals surface area contributed by atoms with E-state index in [1.54, 1.807) is 0 Å². The Kier molecular flexibility index (Phi) is 4.06. The van der Waals surface area contributed by atoms with Crippen molar-refractivity contribution in [3.8, 4) is 0 Å². The van der Waals surface area contributed by atoms with Gasteiger partial charge in [-0.2, -0.15) is 0 Å². The Balaban J connectivity index is 2.37. The van der Waals surface area contributed by atoms with E-state index in [-0.39, 0.29) is 11.3 Å². The fourth-order valence-electron chi connectivity index (χ4n) is 1.41. The lowest BCUT2D eigenvalue weighted by molar-refractivity contribution is 0.0601. The van der Waals surface area contributed by atoms with Gasteiger partial charge in [-0.3, -0.25) is 0 Å². The van der Waals surface area contributed by atoms with Crippen LogP contribution in [0.25, 0.3) is 0 Å². The fourth-order valence-corrected chi connectivity index (χ4v) is 3.24. The summed E-state index contributed by atoms with van der Waals surface area (Å²) < 4.78 is 19.1. The minimum Gasteiger partial charge on any atom is -0.465 e. The first-order chi connectivity index (χ1) is 9.01. The Hall–Kier alpha value is -1.60. The molecule has 4 nitrogen and oxygen atoms in total. The average Bonchev–Trinajstić information content (AvgIpc) is 2.77. The van der Waals surface area contributed by atoms with Gasteiger partial charge in [0.1, 0.15) is 5.82 Å². The summed E-state index contributed by atoms with van der Waals surface area (Å²) in [4.78, 5) is 16.0. The summed E-state index contributed by atoms with van der Waals surface area (Å²) in [6.45, 7) is 1.86. The van der Waals surface area contributed by atoms with E-state index in [2.05, 4.69) is 9.72 Å². The van der Waals surface area contributed by atoms with Crippen LogP contribution < -0.4 is 5.73 Å². The number of thiazole rings is 1. The Morgan fingerprint density at radius 3 is 2.84 bits per heavy atom. The number of rotatable bonds is 3. The molecule has 1 heterocycles. The number of nitrogen functional groups attached to an aromatic ring is 1. The maximum Gasteiger partial charge on any atom is 0.339 e. The number of hydrogen-bond donors (Lipinski definition) is 1. The molecule has 0 aliphatic heterocycles. The normalized spacial score (nSPS) is 10.5. The summed E-state index contributed by atoms with van der Waals surface area (Å²) in [6, 6.07) is 2.51. The lowest BCUT2D eigenvalue weighted by atomic mass is 10.2. The van der Waals surface area contributed by atoms with Crippen molar-refractivity contribution >= 4 is 34.8 Å². The highest BCUT2D eigenvalue weighted by atomic mass is 32.2. The van der Waals surface area contributed by atoms with Crippen LogP contribution in [0.15, 0.2) is 26.7 Å². The first-order valence-corrected chi connectivity index (χ1v) is 6.98. The van der Waals surface area contributed by atoms with Crippen molar-refractivity contribution in [1.29, 1.82) is 0 Å². The number of nitrogens with zero attached hydrogens (tertiary/aromatic N) is 1. The molecular weight excluding hydrogens is 287 g/mol. The molecule has 0 saturated carbocycles. The number of anilines is 1. The van der Waals surface area contributed by atoms with Crippen molar-refractivity contribution < 1.29 is 13.9 Å². The van der Waals surface area contributed by atoms with Crippen molar-refractivity contribution in [2.24, 2.45) is 0 Å². The molecule has 1 aromatic carbocycles. The van der Waals surface area contributed by atoms with E-state index < -0.39 is 11.8 Å². The van der Waals surface area contributed by atoms with Crippen LogP contribution in [-0.4, -0.2) is 18.1 Å². The van der Waals surface area contributed by atoms with Crippen LogP contribution in [0, 0.1) is 12.7 Å². The number of halogens is 1. The molecule has 0 unspecified atom stereocenters. The van der Waals surface area contributed by atoms with Crippen molar-refractivity contribution in [2.75, 3.05) is 12.8 Å². The third kappa shape index (κ3) is 3.05. The SMILES string of the molecule is COC(=O)c1cc(Sc2nc(C)cs2)c(F)cc1N. The van der Waals surface area contributed by atoms with Gasteiger partial charge in [0.15, 0.2) is 4.34 Å². The summed E-state index contributed by atoms with van der Waals surface area (Å²) in [6.07, 6.45) is 0. The summed E-state index contributed by atoms with van der Waals surface area (Å²) in [5.74, 6) is -1.07. The smallest absolute Gasteiger partial charge is 0.339 e. The molecule has 0 saturated heterocycles. The number of nitrogens with two attached hydrogens (primary N) is 1. The summed E-state index contributed by atoms with van der Waals surface area (Å²) in [7, 11) is 1.25. The minimum absolute atomic E-state index is 0.0593. The van der Waals surface area contributed by atoms with Crippen LogP contribution in [0.4, 0.5) is 10.1 Å². The van der Waals surface area contributed by atoms with Gasteiger partial charge in [0.05, 0.1) is 17.6 Å². The number of ether oxygens (including phenoxy) is 1. The van der Waals surface area contributed by atoms with Gasteiger partial charge < -0.3 is 10.5 Å². The Morgan fingerprint density at radius 2 is 2.26 bits per heavy atom. The molecule has 0 amide bonds. The number of methoxy groups -OCH3 is 1. The standard InChI is InChI=1S/C12H11FN2O2S2/c1-6-5-18-12(15-6)19-10-3-7(11(16)17-2)9(14)4-8(10)13/h3-5H,14H2,1-2H3. The maximum absolute atomic E-state index is 13.8. The Labute approximate surface area is 117 Å². The lowest BCUT2D eigenvalue weighted by Crippen LogP contribution is -2.06. The number of carbonyl (C=O) groups is 1. The molecule has 0 spiro atoms. The van der Waals surface area contributed by atoms with E-state index in [0.29, 0.717) is 9.24 Å². The molecule has 2 rings (SSSR count). The molecule has 100 valence electrons. The van der Waals surface area contributed by atoms with E-state index in [1.165, 1.54) is 24.5 Å². The van der Waals surface area contributed by atoms with E-state index in [0.717, 1.165) is 23.5 Å². The molecule has 0 bridgehead atoms. The monoisotopic (exact) mass is 298 g/mol. The molecule has 0 aliphatic rings. The van der Waals surface area contributed by atoms with E-state index >= 15 is 0 Å². The van der Waals surface area contributed by atoms with Crippen molar-refractivity contribution in [1.82, 2.24) is 4.98 Å². The molecular formula is C12H11FN2O2S2. The second-order valence-electron chi connectivity index (χ2n) is 3.72. The van der Waals surface area contributed by atoms with Crippen LogP contribution in [0.1, 0.15) is 16.1 Å². The van der Waals surface area contributed by atoms with Crippen LogP contribution >= 0.6 is 23.1 Å². The van der Waals surface area contributed by atoms with Gasteiger partial charge >= 0.3 is 5.97 Å². The molecule has 2 N–H and O–H groups in total. The average molecular weight is 298 g/mol. The third-order valence-corrected chi connectivity index (χ3v) is 4.39. The molecule has 19 heavy (non-hydrogen) atoms. The molecule has 0 aliphatic carbocycles. The topological polar surface area (TPSA) is 65.2 Å². The number of aromatic nitrogens is 1. The zero-order valence-corrected chi connectivity index (χ0v) is 11.9. The minimum atomic E-state index is -0.588. The zero-order chi connectivity index (χ0) is 14.0. The van der Waals surface area contributed by atoms with Crippen molar-refractivity contribution in [3.63, 3.8) is 0 Å². The highest BCUT2D eigenvalue weighted by molar-refractivity contribution is 8.01. The molecule has 0 radical (unpaired) electrons. The maximum atomic E-state index is 13.8. The zero-order valence-electron chi connectivity index (χ0n) is 10.3. The Morgan fingerprint density at radius 1 is 1.53 bits per heavy atom. The number of hydrogen-bond acceptors (Lipinski definition) is 6. The molecule has 2 aromatic rings. The van der Waals surface area contributed by atoms with Gasteiger partial charge in [0, 0.05) is 16.8 Å².